The van der Waals surface area contributed by atoms with Gasteiger partial charge in [0.1, 0.15) is 31.4 Å². The van der Waals surface area contributed by atoms with E-state index in [-0.39, 0.29) is 17.9 Å². The molecule has 2 heterocycles. The third kappa shape index (κ3) is 5.26. The molecule has 2 aromatic heterocycles. The molecule has 0 radical (unpaired) electrons. The normalized spacial score (nSPS) is 12.2. The molecule has 6 nitrogen and oxygen atoms in total. The Morgan fingerprint density at radius 3 is 2.56 bits per heavy atom. The van der Waals surface area contributed by atoms with Crippen molar-refractivity contribution in [2.75, 3.05) is 0 Å². The second-order valence-corrected chi connectivity index (χ2v) is 13.3. The summed E-state index contributed by atoms with van der Waals surface area (Å²) in [7, 11) is -1.63. The fraction of sp³-hybridized carbons (Fsp3) is 0.304. The number of benzene rings is 1. The number of carbonyl (C=O) groups excluding carboxylic acids is 1. The van der Waals surface area contributed by atoms with Crippen molar-refractivity contribution in [1.29, 1.82) is 0 Å². The first-order chi connectivity index (χ1) is 15.0. The second-order valence-electron chi connectivity index (χ2n) is 8.58. The number of carbonyl (C=O) groups is 1. The first-order valence-corrected chi connectivity index (χ1v) is 13.6. The third-order valence-electron chi connectivity index (χ3n) is 4.84. The number of halogens is 2. The van der Waals surface area contributed by atoms with Gasteiger partial charge in [0.05, 0.1) is 18.3 Å². The van der Waals surface area contributed by atoms with Gasteiger partial charge in [-0.15, -0.1) is 5.54 Å². The molecule has 0 saturated carbocycles. The molecular formula is C23H24F2N4O2Si. The SMILES string of the molecule is Cc1c(C(=O)C(C)n2nc(C#C[Si](C)(C)C)ccc2=O)cnn1Cc1ccc(F)cc1F. The lowest BCUT2D eigenvalue weighted by Gasteiger charge is -2.13. The third-order valence-corrected chi connectivity index (χ3v) is 5.72. The fourth-order valence-electron chi connectivity index (χ4n) is 3.02. The van der Waals surface area contributed by atoms with Gasteiger partial charge in [0, 0.05) is 23.4 Å². The van der Waals surface area contributed by atoms with Gasteiger partial charge in [0.25, 0.3) is 5.56 Å². The Morgan fingerprint density at radius 1 is 1.19 bits per heavy atom. The van der Waals surface area contributed by atoms with Gasteiger partial charge in [0.15, 0.2) is 5.78 Å². The fourth-order valence-corrected chi connectivity index (χ4v) is 3.52. The molecule has 0 aliphatic heterocycles. The van der Waals surface area contributed by atoms with E-state index in [2.05, 4.69) is 41.3 Å². The van der Waals surface area contributed by atoms with Crippen molar-refractivity contribution < 1.29 is 13.6 Å². The zero-order valence-corrected chi connectivity index (χ0v) is 19.6. The minimum Gasteiger partial charge on any atom is -0.292 e. The van der Waals surface area contributed by atoms with Crippen LogP contribution in [0.4, 0.5) is 8.78 Å². The molecule has 3 rings (SSSR count). The van der Waals surface area contributed by atoms with Crippen LogP contribution < -0.4 is 5.56 Å². The van der Waals surface area contributed by atoms with Gasteiger partial charge in [-0.25, -0.2) is 13.5 Å². The Bertz CT molecular complexity index is 1300. The lowest BCUT2D eigenvalue weighted by molar-refractivity contribution is 0.0924. The van der Waals surface area contributed by atoms with Crippen LogP contribution in [0.5, 0.6) is 0 Å². The van der Waals surface area contributed by atoms with E-state index in [0.717, 1.165) is 10.7 Å². The summed E-state index contributed by atoms with van der Waals surface area (Å²) in [5.41, 5.74) is 4.25. The lowest BCUT2D eigenvalue weighted by atomic mass is 10.1. The summed E-state index contributed by atoms with van der Waals surface area (Å²) in [5.74, 6) is 1.29. The maximum Gasteiger partial charge on any atom is 0.267 e. The Kier molecular flexibility index (Phi) is 6.55. The average molecular weight is 455 g/mol. The molecule has 0 fully saturated rings. The van der Waals surface area contributed by atoms with Gasteiger partial charge in [-0.2, -0.15) is 10.2 Å². The van der Waals surface area contributed by atoms with Crippen LogP contribution in [-0.2, 0) is 6.54 Å². The molecule has 1 unspecified atom stereocenters. The van der Waals surface area contributed by atoms with E-state index in [4.69, 9.17) is 0 Å². The Morgan fingerprint density at radius 2 is 1.91 bits per heavy atom. The molecule has 0 aliphatic rings. The summed E-state index contributed by atoms with van der Waals surface area (Å²) in [6.07, 6.45) is 1.38. The van der Waals surface area contributed by atoms with Crippen molar-refractivity contribution in [3.63, 3.8) is 0 Å². The van der Waals surface area contributed by atoms with E-state index in [9.17, 15) is 18.4 Å². The van der Waals surface area contributed by atoms with Crippen molar-refractivity contribution in [1.82, 2.24) is 19.6 Å². The number of aromatic nitrogens is 4. The minimum absolute atomic E-state index is 0.0412. The molecule has 0 N–H and O–H groups in total. The predicted molar refractivity (Wildman–Crippen MR) is 120 cm³/mol. The van der Waals surface area contributed by atoms with E-state index in [0.29, 0.717) is 17.0 Å². The molecule has 1 atom stereocenters. The van der Waals surface area contributed by atoms with Crippen LogP contribution in [0.1, 0.15) is 40.3 Å². The Balaban J connectivity index is 1.88. The highest BCUT2D eigenvalue weighted by molar-refractivity contribution is 6.83. The predicted octanol–water partition coefficient (Wildman–Crippen LogP) is 3.75. The molecule has 0 bridgehead atoms. The number of Topliss-reactive ketones (excluding diaryl/α,β-unsaturated/α-hetero) is 1. The van der Waals surface area contributed by atoms with E-state index >= 15 is 0 Å². The van der Waals surface area contributed by atoms with Gasteiger partial charge in [-0.3, -0.25) is 14.3 Å². The number of hydrogen-bond acceptors (Lipinski definition) is 4. The molecule has 32 heavy (non-hydrogen) atoms. The molecule has 0 amide bonds. The topological polar surface area (TPSA) is 69.8 Å². The minimum atomic E-state index is -1.63. The standard InChI is InChI=1S/C23H24F2N4O2Si/c1-15-20(13-26-28(15)14-17-6-7-18(24)12-21(17)25)23(31)16(2)29-22(30)9-8-19(27-29)10-11-32(3,4)5/h6-9,12-13,16H,14H2,1-5H3. The van der Waals surface area contributed by atoms with Crippen LogP contribution in [0.15, 0.2) is 41.3 Å². The van der Waals surface area contributed by atoms with Gasteiger partial charge < -0.3 is 0 Å². The number of ketones is 1. The summed E-state index contributed by atoms with van der Waals surface area (Å²) < 4.78 is 29.7. The summed E-state index contributed by atoms with van der Waals surface area (Å²) in [5, 5.41) is 8.44. The Hall–Kier alpha value is -3.38. The van der Waals surface area contributed by atoms with E-state index in [1.807, 2.05) is 0 Å². The van der Waals surface area contributed by atoms with Crippen molar-refractivity contribution in [2.24, 2.45) is 0 Å². The molecule has 0 saturated heterocycles. The highest BCUT2D eigenvalue weighted by Gasteiger charge is 2.24. The number of rotatable bonds is 5. The Labute approximate surface area is 185 Å². The van der Waals surface area contributed by atoms with Crippen LogP contribution in [0.2, 0.25) is 19.6 Å². The van der Waals surface area contributed by atoms with Crippen LogP contribution in [-0.4, -0.2) is 33.4 Å². The van der Waals surface area contributed by atoms with Crippen molar-refractivity contribution in [3.8, 4) is 11.5 Å². The molecule has 3 aromatic rings. The maximum absolute atomic E-state index is 14.0. The molecule has 0 aliphatic carbocycles. The van der Waals surface area contributed by atoms with Gasteiger partial charge in [-0.1, -0.05) is 31.6 Å². The summed E-state index contributed by atoms with van der Waals surface area (Å²) >= 11 is 0. The highest BCUT2D eigenvalue weighted by atomic mass is 28.3. The van der Waals surface area contributed by atoms with Crippen molar-refractivity contribution in [3.05, 3.63) is 81.0 Å². The largest absolute Gasteiger partial charge is 0.292 e. The highest BCUT2D eigenvalue weighted by Crippen LogP contribution is 2.18. The zero-order chi connectivity index (χ0) is 23.6. The molecule has 1 aromatic carbocycles. The summed E-state index contributed by atoms with van der Waals surface area (Å²) in [6, 6.07) is 5.32. The average Bonchev–Trinajstić information content (AvgIpc) is 3.08. The second kappa shape index (κ2) is 9.00. The number of hydrogen-bond donors (Lipinski definition) is 0. The van der Waals surface area contributed by atoms with Crippen LogP contribution in [0.3, 0.4) is 0 Å². The van der Waals surface area contributed by atoms with Crippen LogP contribution in [0, 0.1) is 30.0 Å². The number of nitrogens with zero attached hydrogens (tertiary/aromatic N) is 4. The van der Waals surface area contributed by atoms with E-state index in [1.54, 1.807) is 19.9 Å². The molecule has 9 heteroatoms. The lowest BCUT2D eigenvalue weighted by Crippen LogP contribution is -2.30. The van der Waals surface area contributed by atoms with Crippen LogP contribution in [0.25, 0.3) is 0 Å². The van der Waals surface area contributed by atoms with Gasteiger partial charge in [0.2, 0.25) is 0 Å². The monoisotopic (exact) mass is 454 g/mol. The molecule has 166 valence electrons. The first kappa shape index (κ1) is 23.3. The summed E-state index contributed by atoms with van der Waals surface area (Å²) in [6.45, 7) is 9.60. The van der Waals surface area contributed by atoms with E-state index in [1.165, 1.54) is 29.1 Å². The zero-order valence-electron chi connectivity index (χ0n) is 18.6. The summed E-state index contributed by atoms with van der Waals surface area (Å²) in [4.78, 5) is 25.5. The van der Waals surface area contributed by atoms with Crippen molar-refractivity contribution in [2.45, 2.75) is 46.1 Å². The van der Waals surface area contributed by atoms with E-state index < -0.39 is 31.3 Å². The van der Waals surface area contributed by atoms with Crippen LogP contribution >= 0.6 is 0 Å². The molecular weight excluding hydrogens is 430 g/mol. The maximum atomic E-state index is 14.0. The van der Waals surface area contributed by atoms with Gasteiger partial charge >= 0.3 is 0 Å². The van der Waals surface area contributed by atoms with Gasteiger partial charge in [-0.05, 0) is 26.0 Å². The smallest absolute Gasteiger partial charge is 0.267 e. The van der Waals surface area contributed by atoms with Crippen molar-refractivity contribution >= 4 is 13.9 Å². The first-order valence-electron chi connectivity index (χ1n) is 10.1. The molecule has 0 spiro atoms. The quantitative estimate of drug-likeness (QED) is 0.335.